The van der Waals surface area contributed by atoms with E-state index < -0.39 is 0 Å². The van der Waals surface area contributed by atoms with Crippen LogP contribution in [-0.2, 0) is 10.2 Å². The first-order valence-electron chi connectivity index (χ1n) is 11.0. The van der Waals surface area contributed by atoms with Crippen molar-refractivity contribution in [1.29, 1.82) is 0 Å². The van der Waals surface area contributed by atoms with Crippen LogP contribution in [0, 0.1) is 0 Å². The minimum atomic E-state index is -0.208. The molecule has 3 aromatic heterocycles. The Kier molecular flexibility index (Phi) is 5.42. The first-order valence-corrected chi connectivity index (χ1v) is 11.8. The molecule has 1 saturated heterocycles. The van der Waals surface area contributed by atoms with Crippen molar-refractivity contribution in [3.8, 4) is 17.1 Å². The van der Waals surface area contributed by atoms with Crippen molar-refractivity contribution in [1.82, 2.24) is 19.8 Å². The minimum absolute atomic E-state index is 0.208. The summed E-state index contributed by atoms with van der Waals surface area (Å²) in [5.41, 5.74) is 3.33. The van der Waals surface area contributed by atoms with E-state index in [1.54, 1.807) is 16.0 Å². The lowest BCUT2D eigenvalue weighted by atomic mass is 9.91. The average Bonchev–Trinajstić information content (AvgIpc) is 3.48. The molecule has 1 fully saturated rings. The van der Waals surface area contributed by atoms with E-state index in [9.17, 15) is 5.11 Å². The van der Waals surface area contributed by atoms with Gasteiger partial charge in [0.15, 0.2) is 11.5 Å². The molecule has 1 aliphatic heterocycles. The van der Waals surface area contributed by atoms with Crippen LogP contribution in [0.4, 0.5) is 5.00 Å². The number of aromatic hydroxyl groups is 1. The van der Waals surface area contributed by atoms with Gasteiger partial charge in [-0.2, -0.15) is 5.10 Å². The van der Waals surface area contributed by atoms with E-state index in [4.69, 9.17) is 14.8 Å². The topological polar surface area (TPSA) is 75.8 Å². The van der Waals surface area contributed by atoms with Crippen molar-refractivity contribution >= 4 is 34.1 Å². The highest BCUT2D eigenvalue weighted by atomic mass is 32.1. The number of hydrogen-bond acceptors (Lipinski definition) is 7. The first-order chi connectivity index (χ1) is 15.8. The third-order valence-corrected chi connectivity index (χ3v) is 6.85. The van der Waals surface area contributed by atoms with E-state index in [2.05, 4.69) is 37.3 Å². The molecule has 0 amide bonds. The third-order valence-electron chi connectivity index (χ3n) is 5.72. The molecule has 0 saturated carbocycles. The van der Waals surface area contributed by atoms with Crippen LogP contribution in [-0.4, -0.2) is 51.2 Å². The van der Waals surface area contributed by atoms with Gasteiger partial charge in [-0.1, -0.05) is 57.7 Å². The molecule has 0 unspecified atom stereocenters. The molecular formula is C25H27N5O2S. The maximum Gasteiger partial charge on any atom is 0.185 e. The molecule has 7 nitrogen and oxygen atoms in total. The normalized spacial score (nSPS) is 15.5. The summed E-state index contributed by atoms with van der Waals surface area (Å²) in [6.45, 7) is 13.2. The maximum absolute atomic E-state index is 10.7. The first kappa shape index (κ1) is 21.6. The second-order valence-electron chi connectivity index (χ2n) is 9.16. The fourth-order valence-corrected chi connectivity index (χ4v) is 4.98. The Hall–Kier alpha value is -3.23. The molecule has 0 aliphatic carbocycles. The number of hydrogen-bond donors (Lipinski definition) is 1. The smallest absolute Gasteiger partial charge is 0.185 e. The fraction of sp³-hybridized carbons (Fsp3) is 0.320. The monoisotopic (exact) mass is 461 g/mol. The van der Waals surface area contributed by atoms with Crippen molar-refractivity contribution in [3.63, 3.8) is 0 Å². The number of fused-ring (bicyclic) bond motifs is 1. The van der Waals surface area contributed by atoms with Gasteiger partial charge in [0.25, 0.3) is 0 Å². The van der Waals surface area contributed by atoms with Crippen molar-refractivity contribution in [2.45, 2.75) is 26.2 Å². The lowest BCUT2D eigenvalue weighted by Gasteiger charge is -2.27. The van der Waals surface area contributed by atoms with Crippen LogP contribution in [0.15, 0.2) is 36.9 Å². The summed E-state index contributed by atoms with van der Waals surface area (Å²) < 4.78 is 7.07. The maximum atomic E-state index is 10.7. The SMILES string of the molecule is C=Cc1ccc(-c2nc3/c(=C\c4sc(N5CCOCC5)cc4O)c(C(C)(C)C)nn3n2)cc1. The van der Waals surface area contributed by atoms with Gasteiger partial charge in [0.2, 0.25) is 0 Å². The van der Waals surface area contributed by atoms with Gasteiger partial charge in [0.1, 0.15) is 5.75 Å². The number of morpholine rings is 1. The van der Waals surface area contributed by atoms with E-state index in [0.29, 0.717) is 24.7 Å². The van der Waals surface area contributed by atoms with Crippen LogP contribution in [0.25, 0.3) is 29.2 Å². The Morgan fingerprint density at radius 3 is 2.52 bits per heavy atom. The summed E-state index contributed by atoms with van der Waals surface area (Å²) in [7, 11) is 0. The van der Waals surface area contributed by atoms with Gasteiger partial charge in [-0.15, -0.1) is 21.1 Å². The van der Waals surface area contributed by atoms with Gasteiger partial charge in [-0.05, 0) is 11.6 Å². The van der Waals surface area contributed by atoms with Crippen LogP contribution in [0.2, 0.25) is 0 Å². The largest absolute Gasteiger partial charge is 0.506 e. The molecular weight excluding hydrogens is 434 g/mol. The fourth-order valence-electron chi connectivity index (χ4n) is 3.93. The van der Waals surface area contributed by atoms with E-state index >= 15 is 0 Å². The van der Waals surface area contributed by atoms with Gasteiger partial charge >= 0.3 is 0 Å². The Labute approximate surface area is 196 Å². The van der Waals surface area contributed by atoms with Crippen LogP contribution in [0.1, 0.15) is 36.9 Å². The second-order valence-corrected chi connectivity index (χ2v) is 10.2. The molecule has 1 aliphatic rings. The van der Waals surface area contributed by atoms with Crippen LogP contribution < -0.4 is 10.1 Å². The molecule has 4 aromatic rings. The summed E-state index contributed by atoms with van der Waals surface area (Å²) in [6, 6.07) is 9.79. The zero-order valence-electron chi connectivity index (χ0n) is 19.1. The zero-order chi connectivity index (χ0) is 23.2. The van der Waals surface area contributed by atoms with Crippen LogP contribution >= 0.6 is 11.3 Å². The number of benzene rings is 1. The molecule has 0 radical (unpaired) electrons. The lowest BCUT2D eigenvalue weighted by molar-refractivity contribution is 0.123. The average molecular weight is 462 g/mol. The molecule has 1 aromatic carbocycles. The summed E-state index contributed by atoms with van der Waals surface area (Å²) in [6.07, 6.45) is 3.80. The van der Waals surface area contributed by atoms with Gasteiger partial charge in [0, 0.05) is 35.4 Å². The second kappa shape index (κ2) is 8.28. The predicted octanol–water partition coefficient (Wildman–Crippen LogP) is 3.88. The van der Waals surface area contributed by atoms with Crippen LogP contribution in [0.3, 0.4) is 0 Å². The highest BCUT2D eigenvalue weighted by molar-refractivity contribution is 7.17. The molecule has 170 valence electrons. The number of thiophene rings is 1. The van der Waals surface area contributed by atoms with E-state index in [1.807, 2.05) is 42.5 Å². The van der Waals surface area contributed by atoms with Crippen LogP contribution in [0.5, 0.6) is 5.75 Å². The summed E-state index contributed by atoms with van der Waals surface area (Å²) in [5, 5.41) is 22.1. The van der Waals surface area contributed by atoms with Gasteiger partial charge in [-0.25, -0.2) is 4.98 Å². The number of nitrogens with zero attached hydrogens (tertiary/aromatic N) is 5. The minimum Gasteiger partial charge on any atom is -0.506 e. The Morgan fingerprint density at radius 1 is 1.12 bits per heavy atom. The Balaban J connectivity index is 1.62. The summed E-state index contributed by atoms with van der Waals surface area (Å²) in [5.74, 6) is 0.882. The quantitative estimate of drug-likeness (QED) is 0.497. The zero-order valence-corrected chi connectivity index (χ0v) is 19.9. The molecule has 0 atom stereocenters. The standard InChI is InChI=1S/C25H27N5O2S/c1-5-16-6-8-17(9-7-16)23-26-24-18(22(25(2,3)4)27-30(24)28-23)14-20-19(31)15-21(33-20)29-10-12-32-13-11-29/h5-9,14-15,31H,1,10-13H2,2-4H3/b18-14-. The van der Waals surface area contributed by atoms with Crippen molar-refractivity contribution < 1.29 is 9.84 Å². The van der Waals surface area contributed by atoms with Crippen molar-refractivity contribution in [2.24, 2.45) is 0 Å². The lowest BCUT2D eigenvalue weighted by Crippen LogP contribution is -2.35. The van der Waals surface area contributed by atoms with E-state index in [0.717, 1.165) is 45.0 Å². The van der Waals surface area contributed by atoms with Gasteiger partial charge in [-0.3, -0.25) is 0 Å². The molecule has 5 rings (SSSR count). The third kappa shape index (κ3) is 4.12. The summed E-state index contributed by atoms with van der Waals surface area (Å²) >= 11 is 1.57. The van der Waals surface area contributed by atoms with Gasteiger partial charge in [0.05, 0.1) is 28.8 Å². The van der Waals surface area contributed by atoms with Gasteiger partial charge < -0.3 is 14.7 Å². The molecule has 8 heteroatoms. The molecule has 0 spiro atoms. The Morgan fingerprint density at radius 2 is 1.85 bits per heavy atom. The predicted molar refractivity (Wildman–Crippen MR) is 133 cm³/mol. The molecule has 0 bridgehead atoms. The van der Waals surface area contributed by atoms with Crippen molar-refractivity contribution in [3.05, 3.63) is 58.3 Å². The number of anilines is 1. The Bertz CT molecular complexity index is 1360. The number of aromatic nitrogens is 4. The molecule has 1 N–H and O–H groups in total. The van der Waals surface area contributed by atoms with E-state index in [1.165, 1.54) is 0 Å². The highest BCUT2D eigenvalue weighted by Gasteiger charge is 2.24. The van der Waals surface area contributed by atoms with E-state index in [-0.39, 0.29) is 11.2 Å². The number of rotatable bonds is 4. The van der Waals surface area contributed by atoms with Crippen molar-refractivity contribution in [2.75, 3.05) is 31.2 Å². The highest BCUT2D eigenvalue weighted by Crippen LogP contribution is 2.36. The number of ether oxygens (including phenoxy) is 1. The molecule has 4 heterocycles. The molecule has 33 heavy (non-hydrogen) atoms. The summed E-state index contributed by atoms with van der Waals surface area (Å²) in [4.78, 5) is 7.86.